The minimum absolute atomic E-state index is 0.0167. The molecular formula is C9H13NO3. The summed E-state index contributed by atoms with van der Waals surface area (Å²) in [6.07, 6.45) is 0.811. The van der Waals surface area contributed by atoms with E-state index in [2.05, 4.69) is 11.9 Å². The van der Waals surface area contributed by atoms with Crippen molar-refractivity contribution in [3.63, 3.8) is 0 Å². The number of rotatable bonds is 3. The van der Waals surface area contributed by atoms with Crippen molar-refractivity contribution in [1.82, 2.24) is 5.32 Å². The fourth-order valence-electron chi connectivity index (χ4n) is 1.20. The summed E-state index contributed by atoms with van der Waals surface area (Å²) in [6, 6.07) is 0. The highest BCUT2D eigenvalue weighted by molar-refractivity contribution is 5.93. The van der Waals surface area contributed by atoms with Gasteiger partial charge in [-0.2, -0.15) is 0 Å². The van der Waals surface area contributed by atoms with Gasteiger partial charge in [-0.1, -0.05) is 20.4 Å². The summed E-state index contributed by atoms with van der Waals surface area (Å²) in [4.78, 5) is 21.6. The lowest BCUT2D eigenvalue weighted by Crippen LogP contribution is -2.29. The van der Waals surface area contributed by atoms with Crippen LogP contribution in [0.3, 0.4) is 0 Å². The second-order valence-corrected chi connectivity index (χ2v) is 4.02. The smallest absolute Gasteiger partial charge is 0.351 e. The van der Waals surface area contributed by atoms with Crippen LogP contribution in [0.15, 0.2) is 12.3 Å². The maximum Gasteiger partial charge on any atom is 0.351 e. The molecule has 0 aromatic carbocycles. The van der Waals surface area contributed by atoms with Crippen LogP contribution in [0.25, 0.3) is 0 Å². The molecule has 13 heavy (non-hydrogen) atoms. The van der Waals surface area contributed by atoms with Gasteiger partial charge in [0.15, 0.2) is 0 Å². The summed E-state index contributed by atoms with van der Waals surface area (Å²) in [5.41, 5.74) is -0.240. The standard InChI is InChI=1S/C9H13NO3/c1-5(8(12)13)10-7(11)6-4-9(6,2)3/h6H,1,4H2,2-3H3,(H,10,11)(H,12,13). The lowest BCUT2D eigenvalue weighted by Gasteiger charge is -2.05. The van der Waals surface area contributed by atoms with Gasteiger partial charge in [0.1, 0.15) is 5.70 Å². The first-order chi connectivity index (χ1) is 5.84. The highest BCUT2D eigenvalue weighted by atomic mass is 16.4. The van der Waals surface area contributed by atoms with E-state index in [0.29, 0.717) is 0 Å². The third-order valence-electron chi connectivity index (χ3n) is 2.36. The normalized spacial score (nSPS) is 23.4. The van der Waals surface area contributed by atoms with Gasteiger partial charge < -0.3 is 10.4 Å². The predicted molar refractivity (Wildman–Crippen MR) is 46.8 cm³/mol. The molecular weight excluding hydrogens is 170 g/mol. The fourth-order valence-corrected chi connectivity index (χ4v) is 1.20. The molecule has 1 fully saturated rings. The van der Waals surface area contributed by atoms with E-state index in [4.69, 9.17) is 5.11 Å². The highest BCUT2D eigenvalue weighted by Gasteiger charge is 2.50. The van der Waals surface area contributed by atoms with Crippen LogP contribution < -0.4 is 5.32 Å². The summed E-state index contributed by atoms with van der Waals surface area (Å²) < 4.78 is 0. The van der Waals surface area contributed by atoms with Crippen molar-refractivity contribution in [2.45, 2.75) is 20.3 Å². The molecule has 0 spiro atoms. The van der Waals surface area contributed by atoms with Crippen LogP contribution in [-0.4, -0.2) is 17.0 Å². The Morgan fingerprint density at radius 3 is 2.31 bits per heavy atom. The molecule has 1 unspecified atom stereocenters. The van der Waals surface area contributed by atoms with Gasteiger partial charge in [0, 0.05) is 5.92 Å². The maximum absolute atomic E-state index is 11.3. The monoisotopic (exact) mass is 183 g/mol. The molecule has 0 aromatic heterocycles. The maximum atomic E-state index is 11.3. The SMILES string of the molecule is C=C(NC(=O)C1CC1(C)C)C(=O)O. The average Bonchev–Trinajstić information content (AvgIpc) is 2.59. The van der Waals surface area contributed by atoms with Crippen molar-refractivity contribution in [3.05, 3.63) is 12.3 Å². The number of carbonyl (C=O) groups is 2. The van der Waals surface area contributed by atoms with E-state index in [0.717, 1.165) is 6.42 Å². The Bertz CT molecular complexity index is 281. The number of aliphatic carboxylic acids is 1. The van der Waals surface area contributed by atoms with Crippen LogP contribution in [0, 0.1) is 11.3 Å². The van der Waals surface area contributed by atoms with E-state index in [9.17, 15) is 9.59 Å². The third-order valence-corrected chi connectivity index (χ3v) is 2.36. The summed E-state index contributed by atoms with van der Waals surface area (Å²) in [5.74, 6) is -1.49. The number of carbonyl (C=O) groups excluding carboxylic acids is 1. The van der Waals surface area contributed by atoms with E-state index in [1.807, 2.05) is 13.8 Å². The van der Waals surface area contributed by atoms with Gasteiger partial charge in [0.2, 0.25) is 5.91 Å². The van der Waals surface area contributed by atoms with E-state index < -0.39 is 5.97 Å². The van der Waals surface area contributed by atoms with Crippen molar-refractivity contribution in [2.24, 2.45) is 11.3 Å². The number of carboxylic acid groups (broad SMARTS) is 1. The predicted octanol–water partition coefficient (Wildman–Crippen LogP) is 0.747. The van der Waals surface area contributed by atoms with Crippen molar-refractivity contribution < 1.29 is 14.7 Å². The van der Waals surface area contributed by atoms with Crippen molar-refractivity contribution in [1.29, 1.82) is 0 Å². The second kappa shape index (κ2) is 2.87. The molecule has 4 heteroatoms. The summed E-state index contributed by atoms with van der Waals surface area (Å²) in [5, 5.41) is 10.7. The number of nitrogens with one attached hydrogen (secondary N) is 1. The van der Waals surface area contributed by atoms with Crippen molar-refractivity contribution >= 4 is 11.9 Å². The first-order valence-electron chi connectivity index (χ1n) is 4.07. The number of amides is 1. The van der Waals surface area contributed by atoms with Crippen LogP contribution in [0.5, 0.6) is 0 Å². The second-order valence-electron chi connectivity index (χ2n) is 4.02. The lowest BCUT2D eigenvalue weighted by molar-refractivity contribution is -0.134. The Morgan fingerprint density at radius 2 is 2.00 bits per heavy atom. The van der Waals surface area contributed by atoms with Gasteiger partial charge in [-0.25, -0.2) is 4.79 Å². The molecule has 72 valence electrons. The quantitative estimate of drug-likeness (QED) is 0.634. The zero-order valence-electron chi connectivity index (χ0n) is 7.76. The average molecular weight is 183 g/mol. The summed E-state index contributed by atoms with van der Waals surface area (Å²) in [7, 11) is 0. The molecule has 1 rings (SSSR count). The van der Waals surface area contributed by atoms with Gasteiger partial charge in [0.25, 0.3) is 0 Å². The van der Waals surface area contributed by atoms with E-state index in [1.54, 1.807) is 0 Å². The van der Waals surface area contributed by atoms with Crippen LogP contribution in [0.2, 0.25) is 0 Å². The van der Waals surface area contributed by atoms with Gasteiger partial charge in [0.05, 0.1) is 0 Å². The largest absolute Gasteiger partial charge is 0.477 e. The van der Waals surface area contributed by atoms with Gasteiger partial charge in [-0.3, -0.25) is 4.79 Å². The van der Waals surface area contributed by atoms with Crippen LogP contribution in [-0.2, 0) is 9.59 Å². The molecule has 1 aliphatic rings. The van der Waals surface area contributed by atoms with E-state index in [1.165, 1.54) is 0 Å². The van der Waals surface area contributed by atoms with Gasteiger partial charge in [-0.15, -0.1) is 0 Å². The van der Waals surface area contributed by atoms with Gasteiger partial charge >= 0.3 is 5.97 Å². The van der Waals surface area contributed by atoms with E-state index in [-0.39, 0.29) is 22.9 Å². The molecule has 4 nitrogen and oxygen atoms in total. The number of hydrogen-bond donors (Lipinski definition) is 2. The molecule has 0 radical (unpaired) electrons. The Morgan fingerprint density at radius 1 is 1.54 bits per heavy atom. The molecule has 0 aromatic rings. The summed E-state index contributed by atoms with van der Waals surface area (Å²) in [6.45, 7) is 7.17. The van der Waals surface area contributed by atoms with Crippen molar-refractivity contribution in [3.8, 4) is 0 Å². The molecule has 0 bridgehead atoms. The molecule has 1 saturated carbocycles. The summed E-state index contributed by atoms with van der Waals surface area (Å²) >= 11 is 0. The topological polar surface area (TPSA) is 66.4 Å². The first-order valence-corrected chi connectivity index (χ1v) is 4.07. The number of carboxylic acids is 1. The molecule has 1 aliphatic carbocycles. The van der Waals surface area contributed by atoms with E-state index >= 15 is 0 Å². The lowest BCUT2D eigenvalue weighted by atomic mass is 10.1. The zero-order chi connectivity index (χ0) is 10.2. The Kier molecular flexibility index (Phi) is 2.15. The molecule has 1 amide bonds. The van der Waals surface area contributed by atoms with Crippen LogP contribution in [0.1, 0.15) is 20.3 Å². The minimum Gasteiger partial charge on any atom is -0.477 e. The fraction of sp³-hybridized carbons (Fsp3) is 0.556. The van der Waals surface area contributed by atoms with Crippen LogP contribution >= 0.6 is 0 Å². The van der Waals surface area contributed by atoms with Crippen LogP contribution in [0.4, 0.5) is 0 Å². The zero-order valence-corrected chi connectivity index (χ0v) is 7.76. The molecule has 0 heterocycles. The Hall–Kier alpha value is -1.32. The third kappa shape index (κ3) is 2.08. The molecule has 0 aliphatic heterocycles. The molecule has 0 saturated heterocycles. The number of hydrogen-bond acceptors (Lipinski definition) is 2. The van der Waals surface area contributed by atoms with Gasteiger partial charge in [-0.05, 0) is 11.8 Å². The molecule has 1 atom stereocenters. The Balaban J connectivity index is 2.44. The highest BCUT2D eigenvalue weighted by Crippen LogP contribution is 2.51. The minimum atomic E-state index is -1.19. The Labute approximate surface area is 76.6 Å². The first kappa shape index (κ1) is 9.77. The van der Waals surface area contributed by atoms with Crippen molar-refractivity contribution in [2.75, 3.05) is 0 Å². The molecule has 2 N–H and O–H groups in total.